The Morgan fingerprint density at radius 1 is 1.50 bits per heavy atom. The smallest absolute Gasteiger partial charge is 0.410 e. The lowest BCUT2D eigenvalue weighted by Gasteiger charge is -2.41. The van der Waals surface area contributed by atoms with Crippen molar-refractivity contribution in [3.05, 3.63) is 0 Å². The Kier molecular flexibility index (Phi) is 1.74. The van der Waals surface area contributed by atoms with E-state index in [1.165, 1.54) is 6.42 Å². The number of piperidine rings is 2. The van der Waals surface area contributed by atoms with E-state index in [1.54, 1.807) is 0 Å². The van der Waals surface area contributed by atoms with Gasteiger partial charge in [0, 0.05) is 12.5 Å². The van der Waals surface area contributed by atoms with Crippen LogP contribution in [-0.2, 0) is 9.47 Å². The lowest BCUT2D eigenvalue weighted by atomic mass is 9.80. The normalized spacial score (nSPS) is 43.4. The number of carbonyl (C=O) groups excluding carboxylic acids is 1. The van der Waals surface area contributed by atoms with E-state index in [0.717, 1.165) is 13.0 Å². The molecule has 0 aromatic heterocycles. The summed E-state index contributed by atoms with van der Waals surface area (Å²) < 4.78 is 10.6. The van der Waals surface area contributed by atoms with Crippen LogP contribution in [-0.4, -0.2) is 42.4 Å². The van der Waals surface area contributed by atoms with Gasteiger partial charge >= 0.3 is 6.09 Å². The molecule has 0 spiro atoms. The van der Waals surface area contributed by atoms with Crippen LogP contribution in [0.25, 0.3) is 0 Å². The van der Waals surface area contributed by atoms with Crippen molar-refractivity contribution in [2.24, 2.45) is 5.92 Å². The molecule has 1 saturated carbocycles. The van der Waals surface area contributed by atoms with Gasteiger partial charge in [0.05, 0.1) is 18.8 Å². The second-order valence-corrected chi connectivity index (χ2v) is 4.32. The molecule has 4 nitrogen and oxygen atoms in total. The summed E-state index contributed by atoms with van der Waals surface area (Å²) >= 11 is 0. The average Bonchev–Trinajstić information content (AvgIpc) is 2.99. The van der Waals surface area contributed by atoms with E-state index < -0.39 is 0 Å². The lowest BCUT2D eigenvalue weighted by molar-refractivity contribution is 0.0459. The SMILES string of the molecule is CCOC(=O)N1CC2CCC1[C@H]1O[C@@H]21. The van der Waals surface area contributed by atoms with Crippen molar-refractivity contribution < 1.29 is 14.3 Å². The number of carbonyl (C=O) groups is 1. The fourth-order valence-electron chi connectivity index (χ4n) is 2.87. The van der Waals surface area contributed by atoms with Crippen LogP contribution in [0, 0.1) is 5.92 Å². The predicted molar refractivity (Wildman–Crippen MR) is 48.9 cm³/mol. The Balaban J connectivity index is 1.73. The standard InChI is InChI=1S/C10H15NO3/c1-2-13-10(12)11-5-6-3-4-7(11)9-8(6)14-9/h6-9H,2-5H2,1H3/t6?,7?,8-,9+/m0/s1. The van der Waals surface area contributed by atoms with Crippen LogP contribution in [0.2, 0.25) is 0 Å². The summed E-state index contributed by atoms with van der Waals surface area (Å²) in [4.78, 5) is 13.5. The van der Waals surface area contributed by atoms with Crippen LogP contribution in [0.1, 0.15) is 19.8 Å². The van der Waals surface area contributed by atoms with Crippen molar-refractivity contribution in [1.29, 1.82) is 0 Å². The fraction of sp³-hybridized carbons (Fsp3) is 0.900. The minimum atomic E-state index is -0.156. The van der Waals surface area contributed by atoms with Crippen LogP contribution in [0.3, 0.4) is 0 Å². The van der Waals surface area contributed by atoms with Gasteiger partial charge in [-0.25, -0.2) is 4.79 Å². The third kappa shape index (κ3) is 1.06. The summed E-state index contributed by atoms with van der Waals surface area (Å²) in [7, 11) is 0. The van der Waals surface area contributed by atoms with Crippen LogP contribution in [0.5, 0.6) is 0 Å². The van der Waals surface area contributed by atoms with Crippen molar-refractivity contribution in [1.82, 2.24) is 4.90 Å². The summed E-state index contributed by atoms with van der Waals surface area (Å²) in [6, 6.07) is 0.295. The number of epoxide rings is 1. The molecule has 0 radical (unpaired) electrons. The number of hydrogen-bond acceptors (Lipinski definition) is 3. The van der Waals surface area contributed by atoms with Gasteiger partial charge in [0.15, 0.2) is 0 Å². The van der Waals surface area contributed by atoms with Gasteiger partial charge in [-0.3, -0.25) is 0 Å². The minimum absolute atomic E-state index is 0.156. The largest absolute Gasteiger partial charge is 0.450 e. The maximum Gasteiger partial charge on any atom is 0.410 e. The summed E-state index contributed by atoms with van der Waals surface area (Å²) in [5.74, 6) is 0.564. The van der Waals surface area contributed by atoms with E-state index in [9.17, 15) is 4.79 Å². The summed E-state index contributed by atoms with van der Waals surface area (Å²) in [5.41, 5.74) is 0. The van der Waals surface area contributed by atoms with E-state index in [-0.39, 0.29) is 6.09 Å². The Labute approximate surface area is 83.2 Å². The molecule has 4 aliphatic rings. The molecular weight excluding hydrogens is 182 g/mol. The van der Waals surface area contributed by atoms with Crippen molar-refractivity contribution in [2.75, 3.05) is 13.2 Å². The first kappa shape index (κ1) is 8.53. The molecule has 2 unspecified atom stereocenters. The minimum Gasteiger partial charge on any atom is -0.450 e. The summed E-state index contributed by atoms with van der Waals surface area (Å²) in [5, 5.41) is 0. The second-order valence-electron chi connectivity index (χ2n) is 4.32. The van der Waals surface area contributed by atoms with Crippen LogP contribution in [0.15, 0.2) is 0 Å². The second kappa shape index (κ2) is 2.86. The van der Waals surface area contributed by atoms with Gasteiger partial charge in [-0.1, -0.05) is 0 Å². The van der Waals surface area contributed by atoms with Gasteiger partial charge < -0.3 is 14.4 Å². The Morgan fingerprint density at radius 2 is 2.36 bits per heavy atom. The first-order valence-electron chi connectivity index (χ1n) is 5.40. The number of hydrogen-bond donors (Lipinski definition) is 0. The number of ether oxygens (including phenoxy) is 2. The van der Waals surface area contributed by atoms with E-state index in [2.05, 4.69) is 0 Å². The maximum absolute atomic E-state index is 11.6. The fourth-order valence-corrected chi connectivity index (χ4v) is 2.87. The van der Waals surface area contributed by atoms with Crippen molar-refractivity contribution in [3.8, 4) is 0 Å². The van der Waals surface area contributed by atoms with Gasteiger partial charge in [-0.05, 0) is 19.8 Å². The Bertz CT molecular complexity index is 268. The molecule has 14 heavy (non-hydrogen) atoms. The number of rotatable bonds is 1. The topological polar surface area (TPSA) is 42.1 Å². The molecule has 3 heterocycles. The highest BCUT2D eigenvalue weighted by molar-refractivity contribution is 5.68. The zero-order chi connectivity index (χ0) is 9.71. The van der Waals surface area contributed by atoms with Crippen molar-refractivity contribution in [2.45, 2.75) is 38.0 Å². The first-order valence-corrected chi connectivity index (χ1v) is 5.40. The molecule has 3 aliphatic heterocycles. The molecule has 4 heteroatoms. The highest BCUT2D eigenvalue weighted by Gasteiger charge is 2.60. The molecule has 1 aliphatic carbocycles. The average molecular weight is 197 g/mol. The Morgan fingerprint density at radius 3 is 3.07 bits per heavy atom. The summed E-state index contributed by atoms with van der Waals surface area (Å²) in [6.07, 6.45) is 2.93. The molecule has 4 fully saturated rings. The molecule has 1 amide bonds. The number of nitrogens with zero attached hydrogens (tertiary/aromatic N) is 1. The van der Waals surface area contributed by atoms with Gasteiger partial charge in [0.1, 0.15) is 6.10 Å². The van der Waals surface area contributed by atoms with Crippen molar-refractivity contribution >= 4 is 6.09 Å². The predicted octanol–water partition coefficient (Wildman–Crippen LogP) is 1.00. The molecule has 4 atom stereocenters. The van der Waals surface area contributed by atoms with Gasteiger partial charge in [-0.15, -0.1) is 0 Å². The van der Waals surface area contributed by atoms with Crippen LogP contribution >= 0.6 is 0 Å². The van der Waals surface area contributed by atoms with E-state index in [0.29, 0.717) is 30.8 Å². The highest BCUT2D eigenvalue weighted by atomic mass is 16.6. The van der Waals surface area contributed by atoms with Gasteiger partial charge in [0.2, 0.25) is 0 Å². The number of fused-ring (bicyclic) bond motifs is 2. The molecule has 4 rings (SSSR count). The summed E-state index contributed by atoms with van der Waals surface area (Å²) in [6.45, 7) is 3.14. The third-order valence-electron chi connectivity index (χ3n) is 3.57. The van der Waals surface area contributed by atoms with E-state index in [4.69, 9.17) is 9.47 Å². The monoisotopic (exact) mass is 197 g/mol. The highest BCUT2D eigenvalue weighted by Crippen LogP contribution is 2.47. The molecule has 0 aromatic rings. The quantitative estimate of drug-likeness (QED) is 0.589. The molecular formula is C10H15NO3. The molecule has 0 N–H and O–H groups in total. The molecule has 0 aromatic carbocycles. The number of amides is 1. The van der Waals surface area contributed by atoms with E-state index in [1.807, 2.05) is 11.8 Å². The Hall–Kier alpha value is -0.770. The van der Waals surface area contributed by atoms with Gasteiger partial charge in [-0.2, -0.15) is 0 Å². The van der Waals surface area contributed by atoms with E-state index >= 15 is 0 Å². The first-order chi connectivity index (χ1) is 6.81. The zero-order valence-corrected chi connectivity index (χ0v) is 8.31. The molecule has 78 valence electrons. The molecule has 3 saturated heterocycles. The van der Waals surface area contributed by atoms with Crippen LogP contribution in [0.4, 0.5) is 4.79 Å². The zero-order valence-electron chi connectivity index (χ0n) is 8.31. The maximum atomic E-state index is 11.6. The third-order valence-corrected chi connectivity index (χ3v) is 3.57. The van der Waals surface area contributed by atoms with Crippen molar-refractivity contribution in [3.63, 3.8) is 0 Å². The van der Waals surface area contributed by atoms with Crippen LogP contribution < -0.4 is 0 Å². The lowest BCUT2D eigenvalue weighted by Crippen LogP contribution is -2.55. The molecule has 2 bridgehead atoms. The van der Waals surface area contributed by atoms with Gasteiger partial charge in [0.25, 0.3) is 0 Å².